The SMILES string of the molecule is CCc1ccc(C(CO)NC(=O)N[C@@H](C)c2ccccc2)cc1. The molecule has 122 valence electrons. The summed E-state index contributed by atoms with van der Waals surface area (Å²) in [7, 11) is 0. The molecule has 0 bridgehead atoms. The van der Waals surface area contributed by atoms with Crippen LogP contribution in [0.4, 0.5) is 4.79 Å². The first-order chi connectivity index (χ1) is 11.1. The number of amides is 2. The van der Waals surface area contributed by atoms with Crippen LogP contribution in [0.1, 0.15) is 42.6 Å². The summed E-state index contributed by atoms with van der Waals surface area (Å²) in [4.78, 5) is 12.2. The molecule has 0 radical (unpaired) electrons. The lowest BCUT2D eigenvalue weighted by molar-refractivity contribution is 0.214. The molecule has 0 heterocycles. The maximum Gasteiger partial charge on any atom is 0.315 e. The van der Waals surface area contributed by atoms with Crippen LogP contribution in [0, 0.1) is 0 Å². The highest BCUT2D eigenvalue weighted by Gasteiger charge is 2.15. The van der Waals surface area contributed by atoms with Crippen LogP contribution in [-0.4, -0.2) is 17.7 Å². The maximum absolute atomic E-state index is 12.2. The van der Waals surface area contributed by atoms with Crippen molar-refractivity contribution in [2.24, 2.45) is 0 Å². The molecule has 0 fully saturated rings. The van der Waals surface area contributed by atoms with Crippen LogP contribution in [0.5, 0.6) is 0 Å². The van der Waals surface area contributed by atoms with E-state index < -0.39 is 6.04 Å². The Morgan fingerprint density at radius 1 is 1.00 bits per heavy atom. The summed E-state index contributed by atoms with van der Waals surface area (Å²) in [5, 5.41) is 15.3. The van der Waals surface area contributed by atoms with E-state index in [-0.39, 0.29) is 18.7 Å². The summed E-state index contributed by atoms with van der Waals surface area (Å²) in [6, 6.07) is 16.9. The number of nitrogens with one attached hydrogen (secondary N) is 2. The molecule has 0 saturated heterocycles. The summed E-state index contributed by atoms with van der Waals surface area (Å²) in [6.45, 7) is 3.88. The lowest BCUT2D eigenvalue weighted by Crippen LogP contribution is -2.40. The summed E-state index contributed by atoms with van der Waals surface area (Å²) < 4.78 is 0. The number of rotatable bonds is 6. The Bertz CT molecular complexity index is 611. The molecule has 23 heavy (non-hydrogen) atoms. The molecule has 0 spiro atoms. The van der Waals surface area contributed by atoms with E-state index in [9.17, 15) is 9.90 Å². The highest BCUT2D eigenvalue weighted by molar-refractivity contribution is 5.75. The van der Waals surface area contributed by atoms with E-state index in [1.807, 2.05) is 61.5 Å². The molecule has 4 heteroatoms. The largest absolute Gasteiger partial charge is 0.394 e. The van der Waals surface area contributed by atoms with Crippen molar-refractivity contribution < 1.29 is 9.90 Å². The minimum absolute atomic E-state index is 0.0991. The molecule has 2 aromatic carbocycles. The van der Waals surface area contributed by atoms with E-state index in [1.165, 1.54) is 5.56 Å². The van der Waals surface area contributed by atoms with E-state index in [0.29, 0.717) is 0 Å². The van der Waals surface area contributed by atoms with Gasteiger partial charge < -0.3 is 15.7 Å². The maximum atomic E-state index is 12.2. The number of aliphatic hydroxyl groups is 1. The molecular weight excluding hydrogens is 288 g/mol. The van der Waals surface area contributed by atoms with Crippen molar-refractivity contribution in [2.75, 3.05) is 6.61 Å². The summed E-state index contributed by atoms with van der Waals surface area (Å²) in [6.07, 6.45) is 0.965. The van der Waals surface area contributed by atoms with Gasteiger partial charge in [0.15, 0.2) is 0 Å². The molecule has 2 aromatic rings. The number of urea groups is 1. The molecule has 0 aliphatic rings. The van der Waals surface area contributed by atoms with E-state index in [4.69, 9.17) is 0 Å². The van der Waals surface area contributed by atoms with Crippen molar-refractivity contribution in [3.63, 3.8) is 0 Å². The zero-order valence-corrected chi connectivity index (χ0v) is 13.6. The molecule has 2 atom stereocenters. The first kappa shape index (κ1) is 17.0. The normalized spacial score (nSPS) is 13.2. The smallest absolute Gasteiger partial charge is 0.315 e. The molecule has 0 aliphatic carbocycles. The Morgan fingerprint density at radius 2 is 1.65 bits per heavy atom. The summed E-state index contributed by atoms with van der Waals surface area (Å²) in [5.41, 5.74) is 3.16. The third-order valence-electron chi connectivity index (χ3n) is 3.93. The first-order valence-electron chi connectivity index (χ1n) is 7.95. The van der Waals surface area contributed by atoms with E-state index in [2.05, 4.69) is 17.6 Å². The van der Waals surface area contributed by atoms with E-state index in [1.54, 1.807) is 0 Å². The fraction of sp³-hybridized carbons (Fsp3) is 0.316. The minimum Gasteiger partial charge on any atom is -0.394 e. The number of hydrogen-bond donors (Lipinski definition) is 3. The van der Waals surface area contributed by atoms with Crippen LogP contribution >= 0.6 is 0 Å². The van der Waals surface area contributed by atoms with Gasteiger partial charge >= 0.3 is 6.03 Å². The number of carbonyl (C=O) groups excluding carboxylic acids is 1. The average molecular weight is 312 g/mol. The van der Waals surface area contributed by atoms with Crippen LogP contribution in [0.2, 0.25) is 0 Å². The van der Waals surface area contributed by atoms with Crippen molar-refractivity contribution in [2.45, 2.75) is 32.4 Å². The van der Waals surface area contributed by atoms with Crippen LogP contribution in [0.3, 0.4) is 0 Å². The fourth-order valence-electron chi connectivity index (χ4n) is 2.44. The Labute approximate surface area is 137 Å². The van der Waals surface area contributed by atoms with Crippen LogP contribution in [0.25, 0.3) is 0 Å². The van der Waals surface area contributed by atoms with Gasteiger partial charge in [-0.3, -0.25) is 0 Å². The molecule has 0 saturated carbocycles. The van der Waals surface area contributed by atoms with Crippen molar-refractivity contribution in [3.05, 3.63) is 71.3 Å². The predicted molar refractivity (Wildman–Crippen MR) is 92.2 cm³/mol. The second-order valence-electron chi connectivity index (χ2n) is 5.58. The second-order valence-corrected chi connectivity index (χ2v) is 5.58. The zero-order chi connectivity index (χ0) is 16.7. The van der Waals surface area contributed by atoms with Crippen molar-refractivity contribution >= 4 is 6.03 Å². The molecule has 0 aromatic heterocycles. The minimum atomic E-state index is -0.413. The van der Waals surface area contributed by atoms with Crippen LogP contribution in [-0.2, 0) is 6.42 Å². The van der Waals surface area contributed by atoms with Gasteiger partial charge in [-0.25, -0.2) is 4.79 Å². The average Bonchev–Trinajstić information content (AvgIpc) is 2.60. The van der Waals surface area contributed by atoms with Gasteiger partial charge in [-0.05, 0) is 30.0 Å². The predicted octanol–water partition coefficient (Wildman–Crippen LogP) is 3.34. The van der Waals surface area contributed by atoms with Crippen LogP contribution in [0.15, 0.2) is 54.6 Å². The quantitative estimate of drug-likeness (QED) is 0.766. The van der Waals surface area contributed by atoms with Gasteiger partial charge in [-0.2, -0.15) is 0 Å². The number of carbonyl (C=O) groups is 1. The third-order valence-corrected chi connectivity index (χ3v) is 3.93. The van der Waals surface area contributed by atoms with Gasteiger partial charge in [0.1, 0.15) is 0 Å². The van der Waals surface area contributed by atoms with Crippen LogP contribution < -0.4 is 10.6 Å². The number of benzene rings is 2. The Morgan fingerprint density at radius 3 is 2.22 bits per heavy atom. The summed E-state index contributed by atoms with van der Waals surface area (Å²) in [5.74, 6) is 0. The lowest BCUT2D eigenvalue weighted by atomic mass is 10.0. The molecular formula is C19H24N2O2. The highest BCUT2D eigenvalue weighted by atomic mass is 16.3. The Balaban J connectivity index is 1.96. The van der Waals surface area contributed by atoms with Gasteiger partial charge in [0, 0.05) is 0 Å². The third kappa shape index (κ3) is 4.83. The van der Waals surface area contributed by atoms with Gasteiger partial charge in [-0.15, -0.1) is 0 Å². The number of aliphatic hydroxyl groups excluding tert-OH is 1. The molecule has 0 aliphatic heterocycles. The van der Waals surface area contributed by atoms with Gasteiger partial charge in [0.05, 0.1) is 18.7 Å². The zero-order valence-electron chi connectivity index (χ0n) is 13.6. The lowest BCUT2D eigenvalue weighted by Gasteiger charge is -2.20. The highest BCUT2D eigenvalue weighted by Crippen LogP contribution is 2.15. The number of hydrogen-bond acceptors (Lipinski definition) is 2. The van der Waals surface area contributed by atoms with Gasteiger partial charge in [0.2, 0.25) is 0 Å². The van der Waals surface area contributed by atoms with Crippen molar-refractivity contribution in [1.29, 1.82) is 0 Å². The van der Waals surface area contributed by atoms with Gasteiger partial charge in [0.25, 0.3) is 0 Å². The standard InChI is InChI=1S/C19H24N2O2/c1-3-15-9-11-17(12-10-15)18(13-22)21-19(23)20-14(2)16-7-5-4-6-8-16/h4-12,14,18,22H,3,13H2,1-2H3,(H2,20,21,23)/t14-,18?/m0/s1. The topological polar surface area (TPSA) is 61.4 Å². The Kier molecular flexibility index (Phi) is 6.18. The fourth-order valence-corrected chi connectivity index (χ4v) is 2.44. The van der Waals surface area contributed by atoms with Crippen molar-refractivity contribution in [1.82, 2.24) is 10.6 Å². The van der Waals surface area contributed by atoms with E-state index >= 15 is 0 Å². The Hall–Kier alpha value is -2.33. The molecule has 3 N–H and O–H groups in total. The molecule has 2 rings (SSSR count). The molecule has 4 nitrogen and oxygen atoms in total. The summed E-state index contributed by atoms with van der Waals surface area (Å²) >= 11 is 0. The first-order valence-corrected chi connectivity index (χ1v) is 7.95. The molecule has 1 unspecified atom stereocenters. The van der Waals surface area contributed by atoms with Gasteiger partial charge in [-0.1, -0.05) is 61.5 Å². The number of aryl methyl sites for hydroxylation is 1. The van der Waals surface area contributed by atoms with Crippen molar-refractivity contribution in [3.8, 4) is 0 Å². The molecule has 2 amide bonds. The van der Waals surface area contributed by atoms with E-state index in [0.717, 1.165) is 17.5 Å². The monoisotopic (exact) mass is 312 g/mol. The second kappa shape index (κ2) is 8.34.